The second-order valence-corrected chi connectivity index (χ2v) is 12.9. The van der Waals surface area contributed by atoms with Crippen LogP contribution in [0, 0.1) is 5.82 Å². The summed E-state index contributed by atoms with van der Waals surface area (Å²) < 4.78 is 22.9. The van der Waals surface area contributed by atoms with E-state index in [1.54, 1.807) is 24.8 Å². The van der Waals surface area contributed by atoms with Crippen molar-refractivity contribution in [3.05, 3.63) is 67.0 Å². The van der Waals surface area contributed by atoms with Crippen molar-refractivity contribution in [1.82, 2.24) is 39.6 Å². The summed E-state index contributed by atoms with van der Waals surface area (Å²) in [5.74, 6) is 0.128. The fourth-order valence-electron chi connectivity index (χ4n) is 6.23. The van der Waals surface area contributed by atoms with Crippen molar-refractivity contribution >= 4 is 39.5 Å². The first-order valence-electron chi connectivity index (χ1n) is 17.2. The van der Waals surface area contributed by atoms with E-state index in [1.807, 2.05) is 43.0 Å². The largest absolute Gasteiger partial charge is 0.384 e. The first-order valence-corrected chi connectivity index (χ1v) is 17.2. The zero-order chi connectivity index (χ0) is 34.6. The summed E-state index contributed by atoms with van der Waals surface area (Å²) in [6.45, 7) is 4.20. The third-order valence-corrected chi connectivity index (χ3v) is 8.79. The second-order valence-electron chi connectivity index (χ2n) is 12.9. The Morgan fingerprint density at radius 3 is 2.74 bits per heavy atom. The Morgan fingerprint density at radius 2 is 1.92 bits per heavy atom. The van der Waals surface area contributed by atoms with Crippen molar-refractivity contribution in [2.24, 2.45) is 0 Å². The van der Waals surface area contributed by atoms with E-state index in [4.69, 9.17) is 19.8 Å². The highest BCUT2D eigenvalue weighted by Crippen LogP contribution is 2.36. The highest BCUT2D eigenvalue weighted by molar-refractivity contribution is 5.97. The Kier molecular flexibility index (Phi) is 9.76. The van der Waals surface area contributed by atoms with Gasteiger partial charge in [0.2, 0.25) is 5.91 Å². The Balaban J connectivity index is 1.29. The predicted octanol–water partition coefficient (Wildman–Crippen LogP) is 7.04. The number of benzene rings is 1. The quantitative estimate of drug-likeness (QED) is 0.125. The summed E-state index contributed by atoms with van der Waals surface area (Å²) in [6, 6.07) is 10.7. The monoisotopic (exact) mass is 676 g/mol. The lowest BCUT2D eigenvalue weighted by Gasteiger charge is -2.23. The van der Waals surface area contributed by atoms with Crippen LogP contribution in [0.15, 0.2) is 61.2 Å². The van der Waals surface area contributed by atoms with Gasteiger partial charge >= 0.3 is 0 Å². The van der Waals surface area contributed by atoms with Gasteiger partial charge in [0.25, 0.3) is 0 Å². The van der Waals surface area contributed by atoms with Gasteiger partial charge in [-0.2, -0.15) is 5.10 Å². The molecule has 0 aliphatic carbocycles. The Labute approximate surface area is 289 Å². The van der Waals surface area contributed by atoms with Crippen LogP contribution in [-0.4, -0.2) is 79.3 Å². The lowest BCUT2D eigenvalue weighted by Crippen LogP contribution is -2.20. The van der Waals surface area contributed by atoms with E-state index in [0.717, 1.165) is 60.7 Å². The van der Waals surface area contributed by atoms with Crippen LogP contribution in [0.5, 0.6) is 0 Å². The Hall–Kier alpha value is -5.27. The van der Waals surface area contributed by atoms with Gasteiger partial charge < -0.3 is 25.3 Å². The fraction of sp³-hybridized carbons (Fsp3) is 0.351. The number of carbonyl (C=O) groups excluding carboxylic acids is 1. The number of aromatic nitrogens is 7. The topological polar surface area (TPSA) is 139 Å². The third-order valence-electron chi connectivity index (χ3n) is 8.79. The number of anilines is 2. The van der Waals surface area contributed by atoms with Crippen molar-refractivity contribution < 1.29 is 13.9 Å². The maximum atomic E-state index is 14.9. The number of amides is 1. The highest BCUT2D eigenvalue weighted by atomic mass is 19.1. The molecule has 13 heteroatoms. The van der Waals surface area contributed by atoms with Crippen LogP contribution in [-0.2, 0) is 9.53 Å². The lowest BCUT2D eigenvalue weighted by molar-refractivity contribution is -0.116. The minimum absolute atomic E-state index is 0.0386. The molecule has 7 rings (SSSR count). The number of halogens is 1. The number of likely N-dealkylation sites (N-methyl/N-ethyl adjacent to an activating group) is 1. The lowest BCUT2D eigenvalue weighted by atomic mass is 10.0. The number of pyridine rings is 3. The van der Waals surface area contributed by atoms with Crippen LogP contribution in [0.4, 0.5) is 15.8 Å². The molecule has 1 aliphatic heterocycles. The number of hydrogen-bond donors (Lipinski definition) is 3. The van der Waals surface area contributed by atoms with E-state index in [9.17, 15) is 9.18 Å². The standard InChI is InChI=1S/C37H41FN10O2/c1-4-5-8-31(49)43-28-17-24(20-39-22-28)25-18-30-34(46-48(37(30)42-21-25)32-9-6-7-14-50-32)36-44-33-29(10-11-41-35(33)45-36)23-15-26(38)19-27(16-23)40-12-13-47(2)3/h10-11,15-22,32,40H,4-9,12-14H2,1-3H3,(H,43,49)(H,41,44,45). The van der Waals surface area contributed by atoms with Crippen LogP contribution in [0.2, 0.25) is 0 Å². The van der Waals surface area contributed by atoms with E-state index in [-0.39, 0.29) is 18.0 Å². The van der Waals surface area contributed by atoms with Crippen LogP contribution in [0.3, 0.4) is 0 Å². The Bertz CT molecular complexity index is 2140. The molecule has 12 nitrogen and oxygen atoms in total. The van der Waals surface area contributed by atoms with Gasteiger partial charge in [-0.1, -0.05) is 13.3 Å². The molecule has 0 bridgehead atoms. The number of H-pyrrole nitrogens is 1. The first kappa shape index (κ1) is 33.2. The molecule has 1 atom stereocenters. The maximum Gasteiger partial charge on any atom is 0.224 e. The van der Waals surface area contributed by atoms with Crippen LogP contribution >= 0.6 is 0 Å². The third kappa shape index (κ3) is 7.19. The summed E-state index contributed by atoms with van der Waals surface area (Å²) in [7, 11) is 4.00. The SMILES string of the molecule is CCCCC(=O)Nc1cncc(-c2cnc3c(c2)c(-c2nc4c(-c5cc(F)cc(NCCN(C)C)c5)ccnc4[nH]2)nn3C2CCCCO2)c1. The molecule has 5 aromatic heterocycles. The summed E-state index contributed by atoms with van der Waals surface area (Å²) in [5.41, 5.74) is 6.77. The minimum Gasteiger partial charge on any atom is -0.384 e. The summed E-state index contributed by atoms with van der Waals surface area (Å²) in [4.78, 5) is 36.7. The zero-order valence-electron chi connectivity index (χ0n) is 28.5. The van der Waals surface area contributed by atoms with Crippen LogP contribution in [0.25, 0.3) is 56.0 Å². The van der Waals surface area contributed by atoms with Gasteiger partial charge in [-0.25, -0.2) is 24.0 Å². The van der Waals surface area contributed by atoms with Gasteiger partial charge in [-0.15, -0.1) is 0 Å². The molecule has 6 aromatic rings. The summed E-state index contributed by atoms with van der Waals surface area (Å²) in [6.07, 6.45) is 11.7. The van der Waals surface area contributed by atoms with E-state index in [1.165, 1.54) is 12.1 Å². The molecule has 1 saturated heterocycles. The number of ether oxygens (including phenoxy) is 1. The van der Waals surface area contributed by atoms with Crippen molar-refractivity contribution in [2.75, 3.05) is 44.4 Å². The number of carbonyl (C=O) groups is 1. The van der Waals surface area contributed by atoms with Crippen LogP contribution < -0.4 is 10.6 Å². The molecule has 258 valence electrons. The molecule has 1 fully saturated rings. The van der Waals surface area contributed by atoms with E-state index in [2.05, 4.69) is 37.4 Å². The molecule has 1 amide bonds. The molecule has 1 aliphatic rings. The van der Waals surface area contributed by atoms with E-state index >= 15 is 0 Å². The average Bonchev–Trinajstić information content (AvgIpc) is 3.72. The molecular formula is C37H41FN10O2. The fourth-order valence-corrected chi connectivity index (χ4v) is 6.23. The molecular weight excluding hydrogens is 635 g/mol. The van der Waals surface area contributed by atoms with Gasteiger partial charge in [-0.05, 0) is 81.7 Å². The van der Waals surface area contributed by atoms with Gasteiger partial charge in [0.15, 0.2) is 23.3 Å². The number of rotatable bonds is 12. The number of imidazole rings is 1. The molecule has 1 unspecified atom stereocenters. The average molecular weight is 677 g/mol. The molecule has 0 radical (unpaired) electrons. The smallest absolute Gasteiger partial charge is 0.224 e. The van der Waals surface area contributed by atoms with Crippen molar-refractivity contribution in [3.63, 3.8) is 0 Å². The molecule has 50 heavy (non-hydrogen) atoms. The van der Waals surface area contributed by atoms with Crippen molar-refractivity contribution in [3.8, 4) is 33.8 Å². The van der Waals surface area contributed by atoms with E-state index < -0.39 is 0 Å². The van der Waals surface area contributed by atoms with Crippen molar-refractivity contribution in [1.29, 1.82) is 0 Å². The number of fused-ring (bicyclic) bond motifs is 2. The maximum absolute atomic E-state index is 14.9. The summed E-state index contributed by atoms with van der Waals surface area (Å²) in [5, 5.41) is 12.1. The zero-order valence-corrected chi connectivity index (χ0v) is 28.5. The number of hydrogen-bond acceptors (Lipinski definition) is 9. The van der Waals surface area contributed by atoms with Crippen molar-refractivity contribution in [2.45, 2.75) is 51.7 Å². The normalized spacial score (nSPS) is 14.9. The predicted molar refractivity (Wildman–Crippen MR) is 193 cm³/mol. The molecule has 3 N–H and O–H groups in total. The number of aromatic amines is 1. The highest BCUT2D eigenvalue weighted by Gasteiger charge is 2.25. The van der Waals surface area contributed by atoms with Gasteiger partial charge in [0.1, 0.15) is 17.0 Å². The molecule has 0 saturated carbocycles. The minimum atomic E-state index is -0.342. The molecule has 0 spiro atoms. The summed E-state index contributed by atoms with van der Waals surface area (Å²) >= 11 is 0. The van der Waals surface area contributed by atoms with E-state index in [0.29, 0.717) is 64.8 Å². The van der Waals surface area contributed by atoms with Gasteiger partial charge in [0.05, 0.1) is 17.3 Å². The number of nitrogens with one attached hydrogen (secondary N) is 3. The van der Waals surface area contributed by atoms with Gasteiger partial charge in [0, 0.05) is 67.1 Å². The van der Waals surface area contributed by atoms with Gasteiger partial charge in [-0.3, -0.25) is 9.78 Å². The number of unbranched alkanes of at least 4 members (excludes halogenated alkanes) is 1. The Morgan fingerprint density at radius 1 is 1.06 bits per heavy atom. The molecule has 1 aromatic carbocycles. The second kappa shape index (κ2) is 14.7. The molecule has 6 heterocycles. The van der Waals surface area contributed by atoms with Crippen LogP contribution in [0.1, 0.15) is 51.7 Å². The number of nitrogens with zero attached hydrogens (tertiary/aromatic N) is 7. The first-order chi connectivity index (χ1) is 24.4.